The van der Waals surface area contributed by atoms with E-state index in [9.17, 15) is 9.59 Å². The average Bonchev–Trinajstić information content (AvgIpc) is 2.59. The Kier molecular flexibility index (Phi) is 6.90. The second kappa shape index (κ2) is 8.72. The minimum absolute atomic E-state index is 0.0368. The van der Waals surface area contributed by atoms with Gasteiger partial charge in [0, 0.05) is 49.5 Å². The molecule has 6 heteroatoms. The predicted molar refractivity (Wildman–Crippen MR) is 104 cm³/mol. The fraction of sp³-hybridized carbons (Fsp3) is 0.579. The van der Waals surface area contributed by atoms with E-state index in [1.54, 1.807) is 11.8 Å². The Morgan fingerprint density at radius 3 is 2.36 bits per heavy atom. The molecule has 138 valence electrons. The Labute approximate surface area is 155 Å². The highest BCUT2D eigenvalue weighted by atomic mass is 32.2. The third-order valence-corrected chi connectivity index (χ3v) is 5.13. The monoisotopic (exact) mass is 363 g/mol. The van der Waals surface area contributed by atoms with Crippen molar-refractivity contribution in [2.24, 2.45) is 5.41 Å². The molecule has 0 radical (unpaired) electrons. The molecule has 5 nitrogen and oxygen atoms in total. The first-order chi connectivity index (χ1) is 11.8. The van der Waals surface area contributed by atoms with Crippen molar-refractivity contribution < 1.29 is 9.59 Å². The van der Waals surface area contributed by atoms with E-state index in [0.29, 0.717) is 6.42 Å². The third-order valence-electron chi connectivity index (χ3n) is 4.34. The second-order valence-electron chi connectivity index (χ2n) is 7.38. The van der Waals surface area contributed by atoms with Crippen LogP contribution in [-0.2, 0) is 9.59 Å². The molecule has 1 saturated heterocycles. The van der Waals surface area contributed by atoms with E-state index in [4.69, 9.17) is 0 Å². The van der Waals surface area contributed by atoms with Crippen LogP contribution in [-0.4, -0.2) is 60.6 Å². The minimum atomic E-state index is -0.327. The van der Waals surface area contributed by atoms with Crippen molar-refractivity contribution in [1.82, 2.24) is 9.80 Å². The number of rotatable bonds is 5. The normalized spacial score (nSPS) is 15.9. The first-order valence-electron chi connectivity index (χ1n) is 8.76. The van der Waals surface area contributed by atoms with Crippen LogP contribution in [0.3, 0.4) is 0 Å². The zero-order chi connectivity index (χ0) is 18.4. The van der Waals surface area contributed by atoms with Crippen LogP contribution in [0.15, 0.2) is 29.2 Å². The van der Waals surface area contributed by atoms with Gasteiger partial charge in [0.1, 0.15) is 0 Å². The van der Waals surface area contributed by atoms with Gasteiger partial charge < -0.3 is 10.2 Å². The number of thioether (sulfide) groups is 1. The highest BCUT2D eigenvalue weighted by Gasteiger charge is 2.29. The van der Waals surface area contributed by atoms with Crippen LogP contribution >= 0.6 is 11.8 Å². The van der Waals surface area contributed by atoms with Gasteiger partial charge in [-0.05, 0) is 18.4 Å². The highest BCUT2D eigenvalue weighted by Crippen LogP contribution is 2.24. The predicted octanol–water partition coefficient (Wildman–Crippen LogP) is 2.93. The topological polar surface area (TPSA) is 52.7 Å². The number of benzene rings is 1. The molecule has 0 bridgehead atoms. The number of anilines is 1. The van der Waals surface area contributed by atoms with Gasteiger partial charge in [-0.3, -0.25) is 14.5 Å². The van der Waals surface area contributed by atoms with Crippen LogP contribution in [0.25, 0.3) is 0 Å². The van der Waals surface area contributed by atoms with Gasteiger partial charge >= 0.3 is 0 Å². The van der Waals surface area contributed by atoms with E-state index in [-0.39, 0.29) is 17.2 Å². The number of carbonyl (C=O) groups is 2. The summed E-state index contributed by atoms with van der Waals surface area (Å²) in [6.07, 6.45) is 2.47. The summed E-state index contributed by atoms with van der Waals surface area (Å²) < 4.78 is 0. The summed E-state index contributed by atoms with van der Waals surface area (Å²) in [6.45, 7) is 9.74. The lowest BCUT2D eigenvalue weighted by Gasteiger charge is -2.37. The molecule has 1 fully saturated rings. The molecule has 25 heavy (non-hydrogen) atoms. The maximum Gasteiger partial charge on any atom is 0.228 e. The molecule has 0 saturated carbocycles. The third kappa shape index (κ3) is 5.75. The van der Waals surface area contributed by atoms with Crippen molar-refractivity contribution in [3.8, 4) is 0 Å². The van der Waals surface area contributed by atoms with Crippen molar-refractivity contribution in [3.63, 3.8) is 0 Å². The SMILES string of the molecule is CSc1ccccc1NC(=O)CCN1CCN(C(=O)C(C)(C)C)CC1. The average molecular weight is 364 g/mol. The van der Waals surface area contributed by atoms with Crippen LogP contribution in [0.2, 0.25) is 0 Å². The molecule has 0 spiro atoms. The molecule has 1 heterocycles. The lowest BCUT2D eigenvalue weighted by Crippen LogP contribution is -2.51. The van der Waals surface area contributed by atoms with Crippen LogP contribution < -0.4 is 5.32 Å². The molecule has 1 aliphatic heterocycles. The van der Waals surface area contributed by atoms with Crippen LogP contribution in [0.4, 0.5) is 5.69 Å². The number of para-hydroxylation sites is 1. The summed E-state index contributed by atoms with van der Waals surface area (Å²) in [5, 5.41) is 3.00. The zero-order valence-electron chi connectivity index (χ0n) is 15.7. The first kappa shape index (κ1) is 19.8. The largest absolute Gasteiger partial charge is 0.340 e. The smallest absolute Gasteiger partial charge is 0.228 e. The molecule has 0 aliphatic carbocycles. The van der Waals surface area contributed by atoms with Crippen molar-refractivity contribution >= 4 is 29.3 Å². The zero-order valence-corrected chi connectivity index (χ0v) is 16.5. The standard InChI is InChI=1S/C19H29N3O2S/c1-19(2,3)18(24)22-13-11-21(12-14-22)10-9-17(23)20-15-7-5-6-8-16(15)25-4/h5-8H,9-14H2,1-4H3,(H,20,23). The van der Waals surface area contributed by atoms with E-state index in [1.165, 1.54) is 0 Å². The molecule has 1 aliphatic rings. The molecule has 1 aromatic rings. The Morgan fingerprint density at radius 2 is 1.76 bits per heavy atom. The molecular formula is C19H29N3O2S. The molecule has 0 unspecified atom stereocenters. The van der Waals surface area contributed by atoms with E-state index >= 15 is 0 Å². The fourth-order valence-electron chi connectivity index (χ4n) is 2.87. The first-order valence-corrected chi connectivity index (χ1v) is 9.98. The van der Waals surface area contributed by atoms with Gasteiger partial charge in [0.2, 0.25) is 11.8 Å². The number of hydrogen-bond acceptors (Lipinski definition) is 4. The fourth-order valence-corrected chi connectivity index (χ4v) is 3.42. The van der Waals surface area contributed by atoms with E-state index in [0.717, 1.165) is 43.3 Å². The highest BCUT2D eigenvalue weighted by molar-refractivity contribution is 7.98. The van der Waals surface area contributed by atoms with Crippen molar-refractivity contribution in [2.75, 3.05) is 44.3 Å². The molecule has 0 atom stereocenters. The summed E-state index contributed by atoms with van der Waals surface area (Å²) in [4.78, 5) is 29.8. The molecule has 2 rings (SSSR count). The van der Waals surface area contributed by atoms with Gasteiger partial charge in [-0.1, -0.05) is 32.9 Å². The Morgan fingerprint density at radius 1 is 1.12 bits per heavy atom. The molecule has 1 N–H and O–H groups in total. The summed E-state index contributed by atoms with van der Waals surface area (Å²) >= 11 is 1.63. The second-order valence-corrected chi connectivity index (χ2v) is 8.23. The maximum absolute atomic E-state index is 12.3. The Balaban J connectivity index is 1.76. The summed E-state index contributed by atoms with van der Waals surface area (Å²) in [5.74, 6) is 0.244. The number of nitrogens with one attached hydrogen (secondary N) is 1. The number of nitrogens with zero attached hydrogens (tertiary/aromatic N) is 2. The van der Waals surface area contributed by atoms with Gasteiger partial charge in [-0.2, -0.15) is 0 Å². The number of hydrogen-bond donors (Lipinski definition) is 1. The quantitative estimate of drug-likeness (QED) is 0.817. The van der Waals surface area contributed by atoms with Gasteiger partial charge in [0.15, 0.2) is 0 Å². The van der Waals surface area contributed by atoms with Crippen molar-refractivity contribution in [3.05, 3.63) is 24.3 Å². The number of carbonyl (C=O) groups excluding carboxylic acids is 2. The van der Waals surface area contributed by atoms with Crippen LogP contribution in [0.1, 0.15) is 27.2 Å². The Bertz CT molecular complexity index is 605. The van der Waals surface area contributed by atoms with Gasteiger partial charge in [-0.25, -0.2) is 0 Å². The van der Waals surface area contributed by atoms with E-state index in [1.807, 2.05) is 56.2 Å². The number of piperazine rings is 1. The summed E-state index contributed by atoms with van der Waals surface area (Å²) in [5.41, 5.74) is 0.549. The van der Waals surface area contributed by atoms with Crippen LogP contribution in [0.5, 0.6) is 0 Å². The van der Waals surface area contributed by atoms with E-state index < -0.39 is 0 Å². The molecule has 2 amide bonds. The maximum atomic E-state index is 12.3. The number of amides is 2. The van der Waals surface area contributed by atoms with Gasteiger partial charge in [-0.15, -0.1) is 11.8 Å². The lowest BCUT2D eigenvalue weighted by atomic mass is 9.94. The van der Waals surface area contributed by atoms with Crippen LogP contribution in [0, 0.1) is 5.41 Å². The molecule has 0 aromatic heterocycles. The lowest BCUT2D eigenvalue weighted by molar-refractivity contribution is -0.141. The van der Waals surface area contributed by atoms with E-state index in [2.05, 4.69) is 10.2 Å². The Hall–Kier alpha value is -1.53. The van der Waals surface area contributed by atoms with Crippen molar-refractivity contribution in [1.29, 1.82) is 0 Å². The van der Waals surface area contributed by atoms with Crippen molar-refractivity contribution in [2.45, 2.75) is 32.1 Å². The van der Waals surface area contributed by atoms with Gasteiger partial charge in [0.25, 0.3) is 0 Å². The van der Waals surface area contributed by atoms with Gasteiger partial charge in [0.05, 0.1) is 5.69 Å². The summed E-state index contributed by atoms with van der Waals surface area (Å²) in [7, 11) is 0. The molecular weight excluding hydrogens is 334 g/mol. The summed E-state index contributed by atoms with van der Waals surface area (Å²) in [6, 6.07) is 7.84. The molecule has 1 aromatic carbocycles. The minimum Gasteiger partial charge on any atom is -0.340 e.